The monoisotopic (exact) mass is 298 g/mol. The van der Waals surface area contributed by atoms with E-state index < -0.39 is 5.97 Å². The zero-order valence-electron chi connectivity index (χ0n) is 10.7. The standard InChI is InChI=1S/C13H15ClN2O4/c14-11-4-3-8(6-10(11)12(17)18)15-13(19)16-9-2-1-5-20-7-9/h3-4,6,9H,1-2,5,7H2,(H,17,18)(H2,15,16,19). The van der Waals surface area contributed by atoms with Crippen molar-refractivity contribution in [3.63, 3.8) is 0 Å². The van der Waals surface area contributed by atoms with Crippen LogP contribution < -0.4 is 10.6 Å². The number of amides is 2. The highest BCUT2D eigenvalue weighted by Crippen LogP contribution is 2.20. The van der Waals surface area contributed by atoms with E-state index in [2.05, 4.69) is 10.6 Å². The molecule has 2 amide bonds. The summed E-state index contributed by atoms with van der Waals surface area (Å²) in [4.78, 5) is 22.7. The normalized spacial score (nSPS) is 18.4. The van der Waals surface area contributed by atoms with Crippen molar-refractivity contribution in [3.8, 4) is 0 Å². The molecule has 0 spiro atoms. The van der Waals surface area contributed by atoms with E-state index >= 15 is 0 Å². The van der Waals surface area contributed by atoms with Crippen molar-refractivity contribution >= 4 is 29.3 Å². The molecule has 1 saturated heterocycles. The van der Waals surface area contributed by atoms with Crippen LogP contribution in [-0.2, 0) is 4.74 Å². The lowest BCUT2D eigenvalue weighted by molar-refractivity contribution is 0.0697. The van der Waals surface area contributed by atoms with Gasteiger partial charge in [-0.25, -0.2) is 9.59 Å². The Labute approximate surface area is 121 Å². The van der Waals surface area contributed by atoms with E-state index in [1.807, 2.05) is 0 Å². The number of carboxylic acid groups (broad SMARTS) is 1. The number of halogens is 1. The third-order valence-electron chi connectivity index (χ3n) is 2.95. The van der Waals surface area contributed by atoms with Crippen molar-refractivity contribution in [2.45, 2.75) is 18.9 Å². The van der Waals surface area contributed by atoms with Gasteiger partial charge in [0.2, 0.25) is 0 Å². The molecule has 108 valence electrons. The maximum atomic E-state index is 11.8. The number of urea groups is 1. The summed E-state index contributed by atoms with van der Waals surface area (Å²) < 4.78 is 5.26. The van der Waals surface area contributed by atoms with E-state index in [4.69, 9.17) is 21.4 Å². The summed E-state index contributed by atoms with van der Waals surface area (Å²) in [6.07, 6.45) is 1.78. The van der Waals surface area contributed by atoms with Gasteiger partial charge in [-0.05, 0) is 31.0 Å². The van der Waals surface area contributed by atoms with Crippen molar-refractivity contribution in [2.75, 3.05) is 18.5 Å². The molecule has 0 aliphatic carbocycles. The number of hydrogen-bond donors (Lipinski definition) is 3. The number of hydrogen-bond acceptors (Lipinski definition) is 3. The van der Waals surface area contributed by atoms with Crippen LogP contribution in [0.3, 0.4) is 0 Å². The molecule has 1 atom stereocenters. The van der Waals surface area contributed by atoms with Crippen molar-refractivity contribution in [3.05, 3.63) is 28.8 Å². The highest BCUT2D eigenvalue weighted by Gasteiger charge is 2.16. The molecule has 1 aliphatic heterocycles. The quantitative estimate of drug-likeness (QED) is 0.799. The lowest BCUT2D eigenvalue weighted by Gasteiger charge is -2.23. The van der Waals surface area contributed by atoms with Gasteiger partial charge in [0.05, 0.1) is 23.2 Å². The predicted octanol–water partition coefficient (Wildman–Crippen LogP) is 2.34. The summed E-state index contributed by atoms with van der Waals surface area (Å²) in [5, 5.41) is 14.4. The van der Waals surface area contributed by atoms with Gasteiger partial charge in [-0.3, -0.25) is 0 Å². The Balaban J connectivity index is 1.96. The van der Waals surface area contributed by atoms with Crippen LogP contribution in [0.5, 0.6) is 0 Å². The topological polar surface area (TPSA) is 87.7 Å². The fraction of sp³-hybridized carbons (Fsp3) is 0.385. The minimum Gasteiger partial charge on any atom is -0.478 e. The Morgan fingerprint density at radius 2 is 2.20 bits per heavy atom. The first kappa shape index (κ1) is 14.6. The van der Waals surface area contributed by atoms with Crippen LogP contribution in [0.2, 0.25) is 5.02 Å². The molecule has 0 aromatic heterocycles. The van der Waals surface area contributed by atoms with Crippen molar-refractivity contribution in [2.24, 2.45) is 0 Å². The van der Waals surface area contributed by atoms with E-state index in [0.29, 0.717) is 12.3 Å². The largest absolute Gasteiger partial charge is 0.478 e. The molecule has 1 aromatic rings. The SMILES string of the molecule is O=C(Nc1ccc(Cl)c(C(=O)O)c1)NC1CCCOC1. The molecule has 1 unspecified atom stereocenters. The lowest BCUT2D eigenvalue weighted by atomic mass is 10.1. The van der Waals surface area contributed by atoms with Gasteiger partial charge >= 0.3 is 12.0 Å². The molecule has 0 saturated carbocycles. The molecule has 0 radical (unpaired) electrons. The van der Waals surface area contributed by atoms with E-state index in [0.717, 1.165) is 19.4 Å². The summed E-state index contributed by atoms with van der Waals surface area (Å²) in [7, 11) is 0. The number of aromatic carboxylic acids is 1. The highest BCUT2D eigenvalue weighted by molar-refractivity contribution is 6.33. The van der Waals surface area contributed by atoms with Crippen LogP contribution in [0.15, 0.2) is 18.2 Å². The number of nitrogens with one attached hydrogen (secondary N) is 2. The van der Waals surface area contributed by atoms with Gasteiger partial charge in [-0.1, -0.05) is 11.6 Å². The van der Waals surface area contributed by atoms with Crippen LogP contribution >= 0.6 is 11.6 Å². The molecule has 1 aromatic carbocycles. The fourth-order valence-electron chi connectivity index (χ4n) is 1.97. The van der Waals surface area contributed by atoms with Gasteiger partial charge in [0.25, 0.3) is 0 Å². The molecule has 7 heteroatoms. The van der Waals surface area contributed by atoms with Crippen LogP contribution in [-0.4, -0.2) is 36.4 Å². The molecular formula is C13H15ClN2O4. The molecule has 0 bridgehead atoms. The second kappa shape index (κ2) is 6.58. The van der Waals surface area contributed by atoms with E-state index in [-0.39, 0.29) is 22.7 Å². The first-order chi connectivity index (χ1) is 9.56. The minimum absolute atomic E-state index is 0.0185. The minimum atomic E-state index is -1.14. The van der Waals surface area contributed by atoms with Gasteiger partial charge in [-0.15, -0.1) is 0 Å². The maximum Gasteiger partial charge on any atom is 0.337 e. The molecule has 3 N–H and O–H groups in total. The number of carbonyl (C=O) groups is 2. The van der Waals surface area contributed by atoms with E-state index in [1.165, 1.54) is 12.1 Å². The molecule has 2 rings (SSSR count). The van der Waals surface area contributed by atoms with Crippen LogP contribution in [0, 0.1) is 0 Å². The molecule has 1 aliphatic rings. The van der Waals surface area contributed by atoms with Gasteiger partial charge < -0.3 is 20.5 Å². The molecular weight excluding hydrogens is 284 g/mol. The first-order valence-corrected chi connectivity index (χ1v) is 6.62. The van der Waals surface area contributed by atoms with Gasteiger partial charge in [0.1, 0.15) is 0 Å². The Kier molecular flexibility index (Phi) is 4.81. The summed E-state index contributed by atoms with van der Waals surface area (Å²) in [6, 6.07) is 3.90. The van der Waals surface area contributed by atoms with Crippen molar-refractivity contribution in [1.29, 1.82) is 0 Å². The van der Waals surface area contributed by atoms with Crippen LogP contribution in [0.25, 0.3) is 0 Å². The Hall–Kier alpha value is -1.79. The number of rotatable bonds is 3. The number of carboxylic acids is 1. The van der Waals surface area contributed by atoms with Crippen LogP contribution in [0.4, 0.5) is 10.5 Å². The lowest BCUT2D eigenvalue weighted by Crippen LogP contribution is -2.42. The van der Waals surface area contributed by atoms with E-state index in [1.54, 1.807) is 6.07 Å². The van der Waals surface area contributed by atoms with Crippen molar-refractivity contribution < 1.29 is 19.4 Å². The molecule has 1 fully saturated rings. The zero-order chi connectivity index (χ0) is 14.5. The summed E-state index contributed by atoms with van der Waals surface area (Å²) in [5.41, 5.74) is 0.325. The van der Waals surface area contributed by atoms with Gasteiger partial charge in [0, 0.05) is 12.3 Å². The highest BCUT2D eigenvalue weighted by atomic mass is 35.5. The average molecular weight is 299 g/mol. The molecule has 1 heterocycles. The third-order valence-corrected chi connectivity index (χ3v) is 3.28. The Morgan fingerprint density at radius 3 is 2.85 bits per heavy atom. The molecule has 20 heavy (non-hydrogen) atoms. The second-order valence-electron chi connectivity index (χ2n) is 4.51. The Morgan fingerprint density at radius 1 is 1.40 bits per heavy atom. The number of carbonyl (C=O) groups excluding carboxylic acids is 1. The smallest absolute Gasteiger partial charge is 0.337 e. The predicted molar refractivity (Wildman–Crippen MR) is 74.4 cm³/mol. The van der Waals surface area contributed by atoms with E-state index in [9.17, 15) is 9.59 Å². The Bertz CT molecular complexity index is 515. The van der Waals surface area contributed by atoms with Gasteiger partial charge in [-0.2, -0.15) is 0 Å². The summed E-state index contributed by atoms with van der Waals surface area (Å²) in [5.74, 6) is -1.14. The number of benzene rings is 1. The summed E-state index contributed by atoms with van der Waals surface area (Å²) in [6.45, 7) is 1.22. The van der Waals surface area contributed by atoms with Gasteiger partial charge in [0.15, 0.2) is 0 Å². The zero-order valence-corrected chi connectivity index (χ0v) is 11.4. The number of ether oxygens (including phenoxy) is 1. The fourth-order valence-corrected chi connectivity index (χ4v) is 2.17. The first-order valence-electron chi connectivity index (χ1n) is 6.24. The third kappa shape index (κ3) is 3.85. The van der Waals surface area contributed by atoms with Crippen molar-refractivity contribution in [1.82, 2.24) is 5.32 Å². The van der Waals surface area contributed by atoms with Crippen LogP contribution in [0.1, 0.15) is 23.2 Å². The summed E-state index contributed by atoms with van der Waals surface area (Å²) >= 11 is 5.76. The maximum absolute atomic E-state index is 11.8. The number of anilines is 1. The second-order valence-corrected chi connectivity index (χ2v) is 4.92. The average Bonchev–Trinajstić information content (AvgIpc) is 2.41. The molecule has 6 nitrogen and oxygen atoms in total.